The Hall–Kier alpha value is -0.700. The fraction of sp³-hybridized carbons (Fsp3) is 0.400. The molecule has 6 nitrogen and oxygen atoms in total. The maximum absolute atomic E-state index is 11.9. The van der Waals surface area contributed by atoms with Gasteiger partial charge < -0.3 is 15.3 Å². The summed E-state index contributed by atoms with van der Waals surface area (Å²) in [5, 5.41) is 27.6. The summed E-state index contributed by atoms with van der Waals surface area (Å²) in [6.07, 6.45) is 0. The van der Waals surface area contributed by atoms with Gasteiger partial charge in [-0.05, 0) is 24.3 Å². The average Bonchev–Trinajstić information content (AvgIpc) is 2.37. The minimum atomic E-state index is -3.96. The van der Waals surface area contributed by atoms with Crippen LogP contribution < -0.4 is 4.72 Å². The van der Waals surface area contributed by atoms with Crippen LogP contribution >= 0.6 is 11.6 Å². The molecule has 102 valence electrons. The van der Waals surface area contributed by atoms with E-state index < -0.39 is 35.4 Å². The van der Waals surface area contributed by atoms with E-state index in [1.165, 1.54) is 24.3 Å². The van der Waals surface area contributed by atoms with E-state index in [-0.39, 0.29) is 4.90 Å². The van der Waals surface area contributed by atoms with E-state index in [4.69, 9.17) is 26.9 Å². The van der Waals surface area contributed by atoms with Crippen LogP contribution in [0.2, 0.25) is 5.02 Å². The Labute approximate surface area is 110 Å². The Morgan fingerprint density at radius 1 is 1.06 bits per heavy atom. The Balaban J connectivity index is 3.04. The van der Waals surface area contributed by atoms with E-state index >= 15 is 0 Å². The molecule has 1 aromatic carbocycles. The minimum absolute atomic E-state index is 0.0772. The first-order valence-electron chi connectivity index (χ1n) is 5.01. The van der Waals surface area contributed by atoms with Gasteiger partial charge in [0.05, 0.1) is 24.7 Å². The lowest BCUT2D eigenvalue weighted by molar-refractivity contribution is 0.0582. The van der Waals surface area contributed by atoms with Crippen molar-refractivity contribution in [3.63, 3.8) is 0 Å². The van der Waals surface area contributed by atoms with Crippen molar-refractivity contribution in [3.8, 4) is 0 Å². The number of aliphatic hydroxyl groups excluding tert-OH is 3. The number of nitrogens with one attached hydrogen (secondary N) is 1. The molecule has 0 heterocycles. The highest BCUT2D eigenvalue weighted by atomic mass is 35.5. The molecule has 0 aliphatic rings. The molecule has 1 aromatic rings. The molecular weight excluding hydrogens is 282 g/mol. The van der Waals surface area contributed by atoms with Crippen LogP contribution in [-0.2, 0) is 10.0 Å². The molecule has 0 bridgehead atoms. The molecular formula is C10H14ClNO5S. The molecule has 0 aliphatic heterocycles. The molecule has 18 heavy (non-hydrogen) atoms. The first kappa shape index (κ1) is 15.4. The van der Waals surface area contributed by atoms with Gasteiger partial charge in [0.25, 0.3) is 0 Å². The maximum Gasteiger partial charge on any atom is 0.241 e. The van der Waals surface area contributed by atoms with E-state index in [1.807, 2.05) is 0 Å². The molecule has 0 atom stereocenters. The lowest BCUT2D eigenvalue weighted by Gasteiger charge is -2.28. The van der Waals surface area contributed by atoms with Gasteiger partial charge in [0, 0.05) is 5.02 Å². The van der Waals surface area contributed by atoms with Gasteiger partial charge in [-0.2, -0.15) is 4.72 Å². The molecule has 0 saturated heterocycles. The van der Waals surface area contributed by atoms with Gasteiger partial charge in [-0.1, -0.05) is 11.6 Å². The van der Waals surface area contributed by atoms with Crippen molar-refractivity contribution in [3.05, 3.63) is 29.3 Å². The topological polar surface area (TPSA) is 107 Å². The Morgan fingerprint density at radius 3 is 1.89 bits per heavy atom. The number of sulfonamides is 1. The highest BCUT2D eigenvalue weighted by Gasteiger charge is 2.33. The van der Waals surface area contributed by atoms with Crippen molar-refractivity contribution in [2.75, 3.05) is 19.8 Å². The monoisotopic (exact) mass is 295 g/mol. The van der Waals surface area contributed by atoms with E-state index in [9.17, 15) is 8.42 Å². The number of aliphatic hydroxyl groups is 3. The van der Waals surface area contributed by atoms with Crippen molar-refractivity contribution in [1.29, 1.82) is 0 Å². The van der Waals surface area contributed by atoms with Crippen LogP contribution in [0.25, 0.3) is 0 Å². The van der Waals surface area contributed by atoms with E-state index in [0.717, 1.165) is 0 Å². The summed E-state index contributed by atoms with van der Waals surface area (Å²) in [4.78, 5) is -0.0772. The Bertz CT molecular complexity index is 475. The zero-order valence-electron chi connectivity index (χ0n) is 9.38. The molecule has 4 N–H and O–H groups in total. The second-order valence-corrected chi connectivity index (χ2v) is 5.93. The highest BCUT2D eigenvalue weighted by molar-refractivity contribution is 7.89. The first-order chi connectivity index (χ1) is 8.39. The molecule has 0 spiro atoms. The number of hydrogen-bond acceptors (Lipinski definition) is 5. The fourth-order valence-electron chi connectivity index (χ4n) is 1.20. The number of hydrogen-bond donors (Lipinski definition) is 4. The molecule has 0 aliphatic carbocycles. The van der Waals surface area contributed by atoms with Gasteiger partial charge in [0.15, 0.2) is 0 Å². The Morgan fingerprint density at radius 2 is 1.50 bits per heavy atom. The van der Waals surface area contributed by atoms with Crippen molar-refractivity contribution in [1.82, 2.24) is 4.72 Å². The van der Waals surface area contributed by atoms with Crippen LogP contribution in [0.15, 0.2) is 29.2 Å². The summed E-state index contributed by atoms with van der Waals surface area (Å²) in [5.41, 5.74) is -1.70. The molecule has 0 amide bonds. The molecule has 0 radical (unpaired) electrons. The van der Waals surface area contributed by atoms with Gasteiger partial charge in [0.2, 0.25) is 10.0 Å². The molecule has 0 aromatic heterocycles. The number of benzene rings is 1. The van der Waals surface area contributed by atoms with E-state index in [2.05, 4.69) is 4.72 Å². The van der Waals surface area contributed by atoms with E-state index in [0.29, 0.717) is 5.02 Å². The second kappa shape index (κ2) is 5.96. The zero-order valence-corrected chi connectivity index (χ0v) is 10.9. The van der Waals surface area contributed by atoms with Crippen molar-refractivity contribution in [2.24, 2.45) is 0 Å². The summed E-state index contributed by atoms with van der Waals surface area (Å²) >= 11 is 5.64. The molecule has 0 fully saturated rings. The second-order valence-electron chi connectivity index (χ2n) is 3.81. The third-order valence-corrected chi connectivity index (χ3v) is 4.23. The average molecular weight is 296 g/mol. The third-order valence-electron chi connectivity index (χ3n) is 2.38. The smallest absolute Gasteiger partial charge is 0.241 e. The number of rotatable bonds is 6. The van der Waals surface area contributed by atoms with Gasteiger partial charge in [-0.3, -0.25) is 0 Å². The van der Waals surface area contributed by atoms with Gasteiger partial charge >= 0.3 is 0 Å². The third kappa shape index (κ3) is 3.41. The number of halogens is 1. The molecule has 0 saturated carbocycles. The SMILES string of the molecule is O=S(=O)(NC(CO)(CO)CO)c1ccc(Cl)cc1. The van der Waals surface area contributed by atoms with Crippen LogP contribution in [0.3, 0.4) is 0 Å². The predicted molar refractivity (Wildman–Crippen MR) is 65.8 cm³/mol. The normalized spacial score (nSPS) is 12.7. The van der Waals surface area contributed by atoms with Crippen LogP contribution in [0.5, 0.6) is 0 Å². The summed E-state index contributed by atoms with van der Waals surface area (Å²) in [6, 6.07) is 5.35. The van der Waals surface area contributed by atoms with Crippen molar-refractivity contribution >= 4 is 21.6 Å². The zero-order chi connectivity index (χ0) is 13.8. The largest absolute Gasteiger partial charge is 0.394 e. The minimum Gasteiger partial charge on any atom is -0.394 e. The van der Waals surface area contributed by atoms with Gasteiger partial charge in [0.1, 0.15) is 5.54 Å². The van der Waals surface area contributed by atoms with Gasteiger partial charge in [-0.25, -0.2) is 8.42 Å². The predicted octanol–water partition coefficient (Wildman–Crippen LogP) is -0.666. The van der Waals surface area contributed by atoms with Crippen LogP contribution in [0, 0.1) is 0 Å². The highest BCUT2D eigenvalue weighted by Crippen LogP contribution is 2.16. The lowest BCUT2D eigenvalue weighted by Crippen LogP contribution is -2.56. The van der Waals surface area contributed by atoms with Gasteiger partial charge in [-0.15, -0.1) is 0 Å². The standard InChI is InChI=1S/C10H14ClNO5S/c11-8-1-3-9(4-2-8)18(16,17)12-10(5-13,6-14)7-15/h1-4,12-15H,5-7H2. The summed E-state index contributed by atoms with van der Waals surface area (Å²) < 4.78 is 26.0. The van der Waals surface area contributed by atoms with E-state index in [1.54, 1.807) is 0 Å². The van der Waals surface area contributed by atoms with Crippen LogP contribution in [0.1, 0.15) is 0 Å². The summed E-state index contributed by atoms with van der Waals surface area (Å²) in [6.45, 7) is -2.19. The first-order valence-corrected chi connectivity index (χ1v) is 6.87. The van der Waals surface area contributed by atoms with Crippen molar-refractivity contribution < 1.29 is 23.7 Å². The Kier molecular flexibility index (Phi) is 5.09. The quantitative estimate of drug-likeness (QED) is 0.557. The molecule has 0 unspecified atom stereocenters. The summed E-state index contributed by atoms with van der Waals surface area (Å²) in [7, 11) is -3.96. The van der Waals surface area contributed by atoms with Crippen LogP contribution in [0.4, 0.5) is 0 Å². The molecule has 8 heteroatoms. The maximum atomic E-state index is 11.9. The van der Waals surface area contributed by atoms with Crippen molar-refractivity contribution in [2.45, 2.75) is 10.4 Å². The van der Waals surface area contributed by atoms with Crippen LogP contribution in [-0.4, -0.2) is 49.1 Å². The summed E-state index contributed by atoms with van der Waals surface area (Å²) in [5.74, 6) is 0. The fourth-order valence-corrected chi connectivity index (χ4v) is 2.71. The lowest BCUT2D eigenvalue weighted by atomic mass is 10.1. The molecule has 1 rings (SSSR count).